The highest BCUT2D eigenvalue weighted by molar-refractivity contribution is 4.78. The Hall–Kier alpha value is -0.0800. The molecule has 2 heteroatoms. The Morgan fingerprint density at radius 3 is 2.27 bits per heavy atom. The lowest BCUT2D eigenvalue weighted by atomic mass is 10.00. The van der Waals surface area contributed by atoms with Crippen LogP contribution in [0.4, 0.5) is 0 Å². The van der Waals surface area contributed by atoms with Crippen LogP contribution in [0.25, 0.3) is 0 Å². The van der Waals surface area contributed by atoms with Crippen molar-refractivity contribution in [3.63, 3.8) is 0 Å². The summed E-state index contributed by atoms with van der Waals surface area (Å²) in [6.45, 7) is 11.1. The number of rotatable bonds is 5. The van der Waals surface area contributed by atoms with Gasteiger partial charge >= 0.3 is 0 Å². The Labute approximate surface area is 95.2 Å². The summed E-state index contributed by atoms with van der Waals surface area (Å²) in [5.41, 5.74) is 0.248. The minimum Gasteiger partial charge on any atom is -0.313 e. The van der Waals surface area contributed by atoms with Crippen molar-refractivity contribution in [3.05, 3.63) is 0 Å². The average molecular weight is 212 g/mol. The van der Waals surface area contributed by atoms with E-state index in [9.17, 15) is 0 Å². The molecule has 0 aromatic carbocycles. The molecule has 0 saturated heterocycles. The maximum atomic E-state index is 3.63. The SMILES string of the molecule is CC(NCCNC(C)(C)C)C1CCCC1. The van der Waals surface area contributed by atoms with Crippen LogP contribution >= 0.6 is 0 Å². The Bertz CT molecular complexity index is 166. The van der Waals surface area contributed by atoms with Crippen molar-refractivity contribution in [1.29, 1.82) is 0 Å². The van der Waals surface area contributed by atoms with Crippen molar-refractivity contribution in [3.8, 4) is 0 Å². The number of hydrogen-bond donors (Lipinski definition) is 2. The summed E-state index contributed by atoms with van der Waals surface area (Å²) in [6, 6.07) is 0.703. The van der Waals surface area contributed by atoms with Gasteiger partial charge in [0.05, 0.1) is 0 Å². The van der Waals surface area contributed by atoms with Gasteiger partial charge in [-0.05, 0) is 46.5 Å². The van der Waals surface area contributed by atoms with Gasteiger partial charge in [-0.2, -0.15) is 0 Å². The van der Waals surface area contributed by atoms with Gasteiger partial charge in [0.15, 0.2) is 0 Å². The molecule has 0 amide bonds. The molecule has 0 spiro atoms. The van der Waals surface area contributed by atoms with Crippen LogP contribution in [-0.4, -0.2) is 24.7 Å². The molecular weight excluding hydrogens is 184 g/mol. The molecule has 1 saturated carbocycles. The van der Waals surface area contributed by atoms with E-state index in [2.05, 4.69) is 38.3 Å². The van der Waals surface area contributed by atoms with Gasteiger partial charge in [-0.15, -0.1) is 0 Å². The van der Waals surface area contributed by atoms with E-state index in [1.807, 2.05) is 0 Å². The first-order chi connectivity index (χ1) is 6.99. The Morgan fingerprint density at radius 1 is 1.13 bits per heavy atom. The third kappa shape index (κ3) is 5.53. The summed E-state index contributed by atoms with van der Waals surface area (Å²) >= 11 is 0. The summed E-state index contributed by atoms with van der Waals surface area (Å²) in [5.74, 6) is 0.930. The molecule has 0 aromatic heterocycles. The van der Waals surface area contributed by atoms with Gasteiger partial charge in [0.25, 0.3) is 0 Å². The summed E-state index contributed by atoms with van der Waals surface area (Å²) in [4.78, 5) is 0. The van der Waals surface area contributed by atoms with Crippen molar-refractivity contribution in [2.45, 2.75) is 65.0 Å². The first kappa shape index (κ1) is 13.0. The molecule has 1 aliphatic rings. The summed E-state index contributed by atoms with van der Waals surface area (Å²) in [7, 11) is 0. The van der Waals surface area contributed by atoms with Crippen LogP contribution in [0.1, 0.15) is 53.4 Å². The topological polar surface area (TPSA) is 24.1 Å². The van der Waals surface area contributed by atoms with Crippen molar-refractivity contribution in [1.82, 2.24) is 10.6 Å². The summed E-state index contributed by atoms with van der Waals surface area (Å²) in [5, 5.41) is 7.14. The van der Waals surface area contributed by atoms with E-state index >= 15 is 0 Å². The second-order valence-corrected chi connectivity index (χ2v) is 5.96. The first-order valence-corrected chi connectivity index (χ1v) is 6.47. The largest absolute Gasteiger partial charge is 0.313 e. The lowest BCUT2D eigenvalue weighted by Gasteiger charge is -2.24. The molecular formula is C13H28N2. The van der Waals surface area contributed by atoms with Gasteiger partial charge in [-0.3, -0.25) is 0 Å². The minimum absolute atomic E-state index is 0.248. The average Bonchev–Trinajstić information content (AvgIpc) is 2.63. The van der Waals surface area contributed by atoms with Gasteiger partial charge in [-0.1, -0.05) is 12.8 Å². The fraction of sp³-hybridized carbons (Fsp3) is 1.00. The van der Waals surface area contributed by atoms with Crippen LogP contribution in [0.15, 0.2) is 0 Å². The second kappa shape index (κ2) is 5.86. The number of nitrogens with one attached hydrogen (secondary N) is 2. The normalized spacial score (nSPS) is 20.8. The van der Waals surface area contributed by atoms with E-state index in [1.165, 1.54) is 25.7 Å². The van der Waals surface area contributed by atoms with E-state index in [1.54, 1.807) is 0 Å². The van der Waals surface area contributed by atoms with E-state index in [-0.39, 0.29) is 5.54 Å². The lowest BCUT2D eigenvalue weighted by molar-refractivity contribution is 0.363. The third-order valence-electron chi connectivity index (χ3n) is 3.35. The fourth-order valence-electron chi connectivity index (χ4n) is 2.36. The molecule has 2 nitrogen and oxygen atoms in total. The van der Waals surface area contributed by atoms with Gasteiger partial charge in [0.2, 0.25) is 0 Å². The second-order valence-electron chi connectivity index (χ2n) is 5.96. The molecule has 0 aliphatic heterocycles. The Balaban J connectivity index is 2.04. The van der Waals surface area contributed by atoms with Crippen molar-refractivity contribution >= 4 is 0 Å². The minimum atomic E-state index is 0.248. The molecule has 1 fully saturated rings. The van der Waals surface area contributed by atoms with Crippen LogP contribution in [0.5, 0.6) is 0 Å². The molecule has 0 radical (unpaired) electrons. The van der Waals surface area contributed by atoms with Crippen molar-refractivity contribution in [2.24, 2.45) is 5.92 Å². The van der Waals surface area contributed by atoms with Gasteiger partial charge in [-0.25, -0.2) is 0 Å². The van der Waals surface area contributed by atoms with Crippen LogP contribution in [0.2, 0.25) is 0 Å². The summed E-state index contributed by atoms with van der Waals surface area (Å²) in [6.07, 6.45) is 5.75. The fourth-order valence-corrected chi connectivity index (χ4v) is 2.36. The predicted octanol–water partition coefficient (Wildman–Crippen LogP) is 2.54. The van der Waals surface area contributed by atoms with Crippen LogP contribution in [0, 0.1) is 5.92 Å². The van der Waals surface area contributed by atoms with Crippen molar-refractivity contribution < 1.29 is 0 Å². The Kier molecular flexibility index (Phi) is 5.07. The van der Waals surface area contributed by atoms with Crippen molar-refractivity contribution in [2.75, 3.05) is 13.1 Å². The molecule has 0 heterocycles. The Morgan fingerprint density at radius 2 is 1.73 bits per heavy atom. The highest BCUT2D eigenvalue weighted by atomic mass is 15.0. The van der Waals surface area contributed by atoms with E-state index in [0.29, 0.717) is 6.04 Å². The lowest BCUT2D eigenvalue weighted by Crippen LogP contribution is -2.43. The number of hydrogen-bond acceptors (Lipinski definition) is 2. The highest BCUT2D eigenvalue weighted by Gasteiger charge is 2.20. The molecule has 1 unspecified atom stereocenters. The van der Waals surface area contributed by atoms with Gasteiger partial charge < -0.3 is 10.6 Å². The molecule has 90 valence electrons. The molecule has 1 atom stereocenters. The zero-order chi connectivity index (χ0) is 11.3. The van der Waals surface area contributed by atoms with Gasteiger partial charge in [0.1, 0.15) is 0 Å². The standard InChI is InChI=1S/C13H28N2/c1-11(12-7-5-6-8-12)14-9-10-15-13(2,3)4/h11-12,14-15H,5-10H2,1-4H3. The third-order valence-corrected chi connectivity index (χ3v) is 3.35. The first-order valence-electron chi connectivity index (χ1n) is 6.47. The maximum absolute atomic E-state index is 3.63. The zero-order valence-electron chi connectivity index (χ0n) is 10.9. The van der Waals surface area contributed by atoms with E-state index in [0.717, 1.165) is 19.0 Å². The molecule has 15 heavy (non-hydrogen) atoms. The van der Waals surface area contributed by atoms with Crippen LogP contribution in [-0.2, 0) is 0 Å². The maximum Gasteiger partial charge on any atom is 0.00970 e. The molecule has 0 aromatic rings. The van der Waals surface area contributed by atoms with Crippen LogP contribution in [0.3, 0.4) is 0 Å². The van der Waals surface area contributed by atoms with E-state index in [4.69, 9.17) is 0 Å². The monoisotopic (exact) mass is 212 g/mol. The highest BCUT2D eigenvalue weighted by Crippen LogP contribution is 2.27. The molecule has 2 N–H and O–H groups in total. The molecule has 0 bridgehead atoms. The predicted molar refractivity (Wildman–Crippen MR) is 67.2 cm³/mol. The van der Waals surface area contributed by atoms with E-state index < -0.39 is 0 Å². The molecule has 1 rings (SSSR count). The molecule has 1 aliphatic carbocycles. The van der Waals surface area contributed by atoms with Gasteiger partial charge in [0, 0.05) is 24.7 Å². The smallest absolute Gasteiger partial charge is 0.00970 e. The zero-order valence-corrected chi connectivity index (χ0v) is 10.9. The van der Waals surface area contributed by atoms with Crippen LogP contribution < -0.4 is 10.6 Å². The quantitative estimate of drug-likeness (QED) is 0.684. The summed E-state index contributed by atoms with van der Waals surface area (Å²) < 4.78 is 0.